The normalized spacial score (nSPS) is 10.2. The average Bonchev–Trinajstić information content (AvgIpc) is 2.39. The molecule has 0 unspecified atom stereocenters. The van der Waals surface area contributed by atoms with Crippen LogP contribution in [0.15, 0.2) is 18.3 Å². The number of ether oxygens (including phenoxy) is 2. The summed E-state index contributed by atoms with van der Waals surface area (Å²) in [6, 6.07) is 3.52. The Bertz CT molecular complexity index is 365. The monoisotopic (exact) mass is 252 g/mol. The van der Waals surface area contributed by atoms with Crippen LogP contribution in [0.25, 0.3) is 0 Å². The van der Waals surface area contributed by atoms with Crippen LogP contribution in [0.2, 0.25) is 0 Å². The van der Waals surface area contributed by atoms with Crippen molar-refractivity contribution >= 4 is 11.8 Å². The lowest BCUT2D eigenvalue weighted by molar-refractivity contribution is 0.0526. The van der Waals surface area contributed by atoms with E-state index in [2.05, 4.69) is 4.98 Å². The molecule has 1 aromatic rings. The summed E-state index contributed by atoms with van der Waals surface area (Å²) in [6.45, 7) is 6.25. The fourth-order valence-corrected chi connectivity index (χ4v) is 1.41. The van der Waals surface area contributed by atoms with Crippen LogP contribution in [0.5, 0.6) is 0 Å². The van der Waals surface area contributed by atoms with E-state index in [-0.39, 0.29) is 5.97 Å². The first-order valence-corrected chi connectivity index (χ1v) is 6.11. The third-order valence-electron chi connectivity index (χ3n) is 2.43. The van der Waals surface area contributed by atoms with Crippen molar-refractivity contribution in [2.24, 2.45) is 0 Å². The van der Waals surface area contributed by atoms with E-state index in [0.717, 1.165) is 12.4 Å². The van der Waals surface area contributed by atoms with Gasteiger partial charge in [0.15, 0.2) is 0 Å². The number of pyridine rings is 1. The van der Waals surface area contributed by atoms with Gasteiger partial charge in [0.25, 0.3) is 0 Å². The molecule has 0 aromatic carbocycles. The molecule has 1 aromatic heterocycles. The van der Waals surface area contributed by atoms with Gasteiger partial charge in [-0.15, -0.1) is 0 Å². The molecule has 100 valence electrons. The van der Waals surface area contributed by atoms with E-state index in [1.807, 2.05) is 18.9 Å². The second kappa shape index (κ2) is 7.66. The molecule has 0 bridgehead atoms. The standard InChI is InChI=1S/C13H20N2O3/c1-4-17-9-8-15(3)12-7-6-11(10-14-12)13(16)18-5-2/h6-7,10H,4-5,8-9H2,1-3H3. The van der Waals surface area contributed by atoms with E-state index in [4.69, 9.17) is 9.47 Å². The Morgan fingerprint density at radius 2 is 2.11 bits per heavy atom. The van der Waals surface area contributed by atoms with E-state index in [9.17, 15) is 4.79 Å². The molecule has 18 heavy (non-hydrogen) atoms. The maximum Gasteiger partial charge on any atom is 0.339 e. The number of hydrogen-bond donors (Lipinski definition) is 0. The molecule has 1 rings (SSSR count). The van der Waals surface area contributed by atoms with Crippen molar-refractivity contribution in [1.29, 1.82) is 0 Å². The predicted octanol–water partition coefficient (Wildman–Crippen LogP) is 1.73. The lowest BCUT2D eigenvalue weighted by Crippen LogP contribution is -2.23. The molecule has 0 aliphatic carbocycles. The molecule has 5 heteroatoms. The van der Waals surface area contributed by atoms with Crippen molar-refractivity contribution in [3.8, 4) is 0 Å². The summed E-state index contributed by atoms with van der Waals surface area (Å²) in [5, 5.41) is 0. The Labute approximate surface area is 108 Å². The number of carbonyl (C=O) groups is 1. The van der Waals surface area contributed by atoms with Gasteiger partial charge >= 0.3 is 5.97 Å². The molecule has 0 fully saturated rings. The van der Waals surface area contributed by atoms with Crippen LogP contribution in [-0.2, 0) is 9.47 Å². The summed E-state index contributed by atoms with van der Waals surface area (Å²) in [4.78, 5) is 17.6. The minimum absolute atomic E-state index is 0.339. The Kier molecular flexibility index (Phi) is 6.14. The van der Waals surface area contributed by atoms with Gasteiger partial charge in [-0.25, -0.2) is 9.78 Å². The lowest BCUT2D eigenvalue weighted by atomic mass is 10.3. The molecule has 0 radical (unpaired) electrons. The first-order valence-electron chi connectivity index (χ1n) is 6.11. The second-order valence-electron chi connectivity index (χ2n) is 3.74. The van der Waals surface area contributed by atoms with Crippen LogP contribution in [0, 0.1) is 0 Å². The Morgan fingerprint density at radius 3 is 2.67 bits per heavy atom. The molecule has 0 aliphatic heterocycles. The highest BCUT2D eigenvalue weighted by Crippen LogP contribution is 2.10. The Morgan fingerprint density at radius 1 is 1.33 bits per heavy atom. The SMILES string of the molecule is CCOCCN(C)c1ccc(C(=O)OCC)cn1. The molecular formula is C13H20N2O3. The number of esters is 1. The van der Waals surface area contributed by atoms with E-state index in [1.165, 1.54) is 6.20 Å². The highest BCUT2D eigenvalue weighted by molar-refractivity contribution is 5.89. The van der Waals surface area contributed by atoms with Crippen molar-refractivity contribution in [3.63, 3.8) is 0 Å². The summed E-state index contributed by atoms with van der Waals surface area (Å²) in [5.74, 6) is 0.469. The fourth-order valence-electron chi connectivity index (χ4n) is 1.41. The molecule has 0 amide bonds. The van der Waals surface area contributed by atoms with Crippen LogP contribution in [0.4, 0.5) is 5.82 Å². The summed E-state index contributed by atoms with van der Waals surface area (Å²) in [5.41, 5.74) is 0.471. The molecule has 0 atom stereocenters. The average molecular weight is 252 g/mol. The summed E-state index contributed by atoms with van der Waals surface area (Å²) < 4.78 is 10.2. The summed E-state index contributed by atoms with van der Waals surface area (Å²) >= 11 is 0. The third kappa shape index (κ3) is 4.33. The molecule has 0 saturated carbocycles. The van der Waals surface area contributed by atoms with Gasteiger partial charge in [0.2, 0.25) is 0 Å². The van der Waals surface area contributed by atoms with Gasteiger partial charge in [0.1, 0.15) is 5.82 Å². The number of aromatic nitrogens is 1. The molecule has 0 saturated heterocycles. The highest BCUT2D eigenvalue weighted by Gasteiger charge is 2.08. The number of nitrogens with zero attached hydrogens (tertiary/aromatic N) is 2. The zero-order valence-corrected chi connectivity index (χ0v) is 11.2. The smallest absolute Gasteiger partial charge is 0.339 e. The van der Waals surface area contributed by atoms with E-state index >= 15 is 0 Å². The zero-order chi connectivity index (χ0) is 13.4. The van der Waals surface area contributed by atoms with Gasteiger partial charge in [0, 0.05) is 26.4 Å². The predicted molar refractivity (Wildman–Crippen MR) is 70.0 cm³/mol. The van der Waals surface area contributed by atoms with Gasteiger partial charge in [-0.1, -0.05) is 0 Å². The molecule has 0 N–H and O–H groups in total. The lowest BCUT2D eigenvalue weighted by Gasteiger charge is -2.17. The Balaban J connectivity index is 2.56. The Hall–Kier alpha value is -1.62. The largest absolute Gasteiger partial charge is 0.462 e. The quantitative estimate of drug-likeness (QED) is 0.546. The number of rotatable bonds is 7. The number of carbonyl (C=O) groups excluding carboxylic acids is 1. The maximum atomic E-state index is 11.4. The van der Waals surface area contributed by atoms with Gasteiger partial charge in [0.05, 0.1) is 18.8 Å². The van der Waals surface area contributed by atoms with Crippen molar-refractivity contribution < 1.29 is 14.3 Å². The van der Waals surface area contributed by atoms with Crippen LogP contribution in [0.1, 0.15) is 24.2 Å². The third-order valence-corrected chi connectivity index (χ3v) is 2.43. The van der Waals surface area contributed by atoms with E-state index in [0.29, 0.717) is 25.4 Å². The van der Waals surface area contributed by atoms with Crippen molar-refractivity contribution in [1.82, 2.24) is 4.98 Å². The summed E-state index contributed by atoms with van der Waals surface area (Å²) in [7, 11) is 1.94. The minimum atomic E-state index is -0.339. The highest BCUT2D eigenvalue weighted by atomic mass is 16.5. The van der Waals surface area contributed by atoms with Crippen molar-refractivity contribution in [2.75, 3.05) is 38.3 Å². The number of anilines is 1. The van der Waals surface area contributed by atoms with Crippen LogP contribution in [-0.4, -0.2) is 44.4 Å². The maximum absolute atomic E-state index is 11.4. The molecule has 1 heterocycles. The number of hydrogen-bond acceptors (Lipinski definition) is 5. The van der Waals surface area contributed by atoms with Crippen molar-refractivity contribution in [3.05, 3.63) is 23.9 Å². The van der Waals surface area contributed by atoms with Gasteiger partial charge in [-0.05, 0) is 26.0 Å². The fraction of sp³-hybridized carbons (Fsp3) is 0.538. The van der Waals surface area contributed by atoms with Gasteiger partial charge in [-0.2, -0.15) is 0 Å². The zero-order valence-electron chi connectivity index (χ0n) is 11.2. The van der Waals surface area contributed by atoms with Gasteiger partial charge in [-0.3, -0.25) is 0 Å². The molecule has 5 nitrogen and oxygen atoms in total. The van der Waals surface area contributed by atoms with E-state index in [1.54, 1.807) is 19.1 Å². The first-order chi connectivity index (χ1) is 8.69. The molecule has 0 aliphatic rings. The summed E-state index contributed by atoms with van der Waals surface area (Å²) in [6.07, 6.45) is 1.53. The van der Waals surface area contributed by atoms with E-state index < -0.39 is 0 Å². The van der Waals surface area contributed by atoms with Crippen molar-refractivity contribution in [2.45, 2.75) is 13.8 Å². The first kappa shape index (κ1) is 14.4. The van der Waals surface area contributed by atoms with Crippen LogP contribution in [0.3, 0.4) is 0 Å². The van der Waals surface area contributed by atoms with Crippen LogP contribution >= 0.6 is 0 Å². The van der Waals surface area contributed by atoms with Gasteiger partial charge < -0.3 is 14.4 Å². The van der Waals surface area contributed by atoms with Crippen LogP contribution < -0.4 is 4.90 Å². The molecular weight excluding hydrogens is 232 g/mol. The minimum Gasteiger partial charge on any atom is -0.462 e. The topological polar surface area (TPSA) is 51.7 Å². The second-order valence-corrected chi connectivity index (χ2v) is 3.74. The number of likely N-dealkylation sites (N-methyl/N-ethyl adjacent to an activating group) is 1. The molecule has 0 spiro atoms.